The average Bonchev–Trinajstić information content (AvgIpc) is 2.82. The third kappa shape index (κ3) is 2.85. The number of aromatic nitrogens is 1. The Hall–Kier alpha value is -1.43. The van der Waals surface area contributed by atoms with Crippen LogP contribution in [0.25, 0.3) is 0 Å². The van der Waals surface area contributed by atoms with E-state index in [0.717, 1.165) is 34.7 Å². The number of nitrogens with zero attached hydrogens (tertiary/aromatic N) is 2. The largest absolute Gasteiger partial charge is 0.389 e. The van der Waals surface area contributed by atoms with Crippen molar-refractivity contribution in [2.75, 3.05) is 5.73 Å². The number of anilines is 1. The maximum atomic E-state index is 12.5. The van der Waals surface area contributed by atoms with Crippen LogP contribution in [0.2, 0.25) is 0 Å². The molecule has 0 spiro atoms. The number of amides is 1. The summed E-state index contributed by atoms with van der Waals surface area (Å²) in [7, 11) is 0. The van der Waals surface area contributed by atoms with Crippen LogP contribution in [0.15, 0.2) is 5.10 Å². The van der Waals surface area contributed by atoms with E-state index in [9.17, 15) is 4.79 Å². The highest BCUT2D eigenvalue weighted by molar-refractivity contribution is 7.10. The Morgan fingerprint density at radius 3 is 2.38 bits per heavy atom. The molecule has 4 aliphatic carbocycles. The van der Waals surface area contributed by atoms with Crippen LogP contribution in [0.1, 0.15) is 63.1 Å². The molecule has 1 heterocycles. The van der Waals surface area contributed by atoms with E-state index in [0.29, 0.717) is 11.4 Å². The number of hydrogen-bond acceptors (Lipinski definition) is 5. The van der Waals surface area contributed by atoms with Gasteiger partial charge in [0.05, 0.1) is 17.0 Å². The molecule has 1 aromatic heterocycles. The fourth-order valence-corrected chi connectivity index (χ4v) is 6.63. The van der Waals surface area contributed by atoms with Gasteiger partial charge in [-0.1, -0.05) is 0 Å². The molecule has 1 amide bonds. The van der Waals surface area contributed by atoms with Crippen molar-refractivity contribution in [3.05, 3.63) is 11.3 Å². The van der Waals surface area contributed by atoms with Gasteiger partial charge in [-0.15, -0.1) is 0 Å². The average molecular weight is 347 g/mol. The number of hydrazone groups is 1. The molecule has 0 aliphatic heterocycles. The van der Waals surface area contributed by atoms with Crippen LogP contribution in [0, 0.1) is 30.1 Å². The first kappa shape index (κ1) is 16.1. The quantitative estimate of drug-likeness (QED) is 0.647. The predicted molar refractivity (Wildman–Crippen MR) is 96.8 cm³/mol. The Kier molecular flexibility index (Phi) is 3.90. The zero-order valence-electron chi connectivity index (χ0n) is 14.5. The van der Waals surface area contributed by atoms with Crippen molar-refractivity contribution in [2.45, 2.75) is 58.8 Å². The Balaban J connectivity index is 1.41. The summed E-state index contributed by atoms with van der Waals surface area (Å²) in [6, 6.07) is 0. The molecule has 4 bridgehead atoms. The lowest BCUT2D eigenvalue weighted by molar-refractivity contribution is -0.129. The van der Waals surface area contributed by atoms with E-state index in [1.54, 1.807) is 0 Å². The Morgan fingerprint density at radius 2 is 1.88 bits per heavy atom. The van der Waals surface area contributed by atoms with Gasteiger partial charge in [-0.25, -0.2) is 5.43 Å². The summed E-state index contributed by atoms with van der Waals surface area (Å²) in [5.74, 6) is 2.66. The molecular formula is C18H26N4OS. The zero-order chi connectivity index (χ0) is 16.9. The molecule has 6 heteroatoms. The molecule has 5 nitrogen and oxygen atoms in total. The first-order chi connectivity index (χ1) is 11.4. The maximum Gasteiger partial charge on any atom is 0.240 e. The molecule has 0 aromatic carbocycles. The molecule has 130 valence electrons. The van der Waals surface area contributed by atoms with Crippen LogP contribution in [-0.4, -0.2) is 16.0 Å². The van der Waals surface area contributed by atoms with Crippen molar-refractivity contribution in [3.63, 3.8) is 0 Å². The summed E-state index contributed by atoms with van der Waals surface area (Å²) in [5.41, 5.74) is 11.4. The van der Waals surface area contributed by atoms with Gasteiger partial charge < -0.3 is 5.73 Å². The first-order valence-corrected chi connectivity index (χ1v) is 9.77. The number of carbonyl (C=O) groups is 1. The van der Waals surface area contributed by atoms with E-state index >= 15 is 0 Å². The van der Waals surface area contributed by atoms with Gasteiger partial charge in [0, 0.05) is 6.42 Å². The highest BCUT2D eigenvalue weighted by Crippen LogP contribution is 2.61. The van der Waals surface area contributed by atoms with Crippen LogP contribution in [0.5, 0.6) is 0 Å². The summed E-state index contributed by atoms with van der Waals surface area (Å²) >= 11 is 1.27. The lowest BCUT2D eigenvalue weighted by Crippen LogP contribution is -2.47. The molecule has 1 aromatic rings. The minimum absolute atomic E-state index is 0.0516. The smallest absolute Gasteiger partial charge is 0.240 e. The number of nitrogens with one attached hydrogen (secondary N) is 1. The van der Waals surface area contributed by atoms with Gasteiger partial charge >= 0.3 is 0 Å². The van der Waals surface area contributed by atoms with Gasteiger partial charge in [-0.05, 0) is 87.1 Å². The van der Waals surface area contributed by atoms with Gasteiger partial charge in [0.25, 0.3) is 0 Å². The van der Waals surface area contributed by atoms with E-state index in [1.807, 2.05) is 13.8 Å². The molecule has 0 saturated heterocycles. The number of hydrogen-bond donors (Lipinski definition) is 2. The Bertz CT molecular complexity index is 638. The van der Waals surface area contributed by atoms with E-state index < -0.39 is 0 Å². The molecule has 5 rings (SSSR count). The number of nitrogen functional groups attached to an aromatic ring is 1. The lowest BCUT2D eigenvalue weighted by Gasteiger charge is -2.56. The summed E-state index contributed by atoms with van der Waals surface area (Å²) in [6.45, 7) is 3.79. The van der Waals surface area contributed by atoms with Crippen LogP contribution in [-0.2, 0) is 4.79 Å². The summed E-state index contributed by atoms with van der Waals surface area (Å²) in [6.07, 6.45) is 8.58. The Labute approximate surface area is 147 Å². The first-order valence-electron chi connectivity index (χ1n) is 8.99. The van der Waals surface area contributed by atoms with Gasteiger partial charge in [0.2, 0.25) is 5.91 Å². The molecule has 24 heavy (non-hydrogen) atoms. The number of nitrogens with two attached hydrogens (primary N) is 1. The van der Waals surface area contributed by atoms with E-state index in [-0.39, 0.29) is 11.3 Å². The second kappa shape index (κ2) is 5.83. The standard InChI is InChI=1S/C18H26N4OS/c1-10(16-11(2)22-24-17(16)19)20-21-15(23)9-18-6-12-3-13(7-18)5-14(4-12)8-18/h12-14H,3-9,19H2,1-2H3,(H,21,23)/b20-10-. The second-order valence-electron chi connectivity index (χ2n) is 8.33. The fraction of sp³-hybridized carbons (Fsp3) is 0.722. The van der Waals surface area contributed by atoms with Gasteiger partial charge in [-0.3, -0.25) is 4.79 Å². The van der Waals surface area contributed by atoms with Crippen molar-refractivity contribution in [1.82, 2.24) is 9.80 Å². The lowest BCUT2D eigenvalue weighted by atomic mass is 9.49. The number of carbonyl (C=O) groups excluding carboxylic acids is 1. The minimum atomic E-state index is 0.0516. The third-order valence-corrected chi connectivity index (χ3v) is 7.07. The maximum absolute atomic E-state index is 12.5. The van der Waals surface area contributed by atoms with Gasteiger partial charge in [-0.2, -0.15) is 9.47 Å². The van der Waals surface area contributed by atoms with Crippen LogP contribution < -0.4 is 11.2 Å². The fourth-order valence-electron chi connectivity index (χ4n) is 5.92. The van der Waals surface area contributed by atoms with Crippen LogP contribution in [0.3, 0.4) is 0 Å². The Morgan fingerprint density at radius 1 is 1.29 bits per heavy atom. The van der Waals surface area contributed by atoms with Crippen LogP contribution in [0.4, 0.5) is 5.00 Å². The molecule has 0 radical (unpaired) electrons. The van der Waals surface area contributed by atoms with Gasteiger partial charge in [0.15, 0.2) is 0 Å². The molecular weight excluding hydrogens is 320 g/mol. The minimum Gasteiger partial charge on any atom is -0.389 e. The van der Waals surface area contributed by atoms with Crippen molar-refractivity contribution < 1.29 is 4.79 Å². The van der Waals surface area contributed by atoms with Gasteiger partial charge in [0.1, 0.15) is 5.00 Å². The predicted octanol–water partition coefficient (Wildman–Crippen LogP) is 3.48. The van der Waals surface area contributed by atoms with E-state index in [2.05, 4.69) is 14.9 Å². The van der Waals surface area contributed by atoms with Crippen molar-refractivity contribution in [1.29, 1.82) is 0 Å². The second-order valence-corrected chi connectivity index (χ2v) is 9.14. The normalized spacial score (nSPS) is 34.6. The zero-order valence-corrected chi connectivity index (χ0v) is 15.3. The number of rotatable bonds is 4. The molecule has 3 N–H and O–H groups in total. The van der Waals surface area contributed by atoms with Crippen molar-refractivity contribution in [2.24, 2.45) is 28.3 Å². The van der Waals surface area contributed by atoms with E-state index in [1.165, 1.54) is 50.1 Å². The van der Waals surface area contributed by atoms with Crippen molar-refractivity contribution >= 4 is 28.2 Å². The number of aryl methyl sites for hydroxylation is 1. The highest BCUT2D eigenvalue weighted by atomic mass is 32.1. The molecule has 4 saturated carbocycles. The monoisotopic (exact) mass is 346 g/mol. The van der Waals surface area contributed by atoms with Crippen molar-refractivity contribution in [3.8, 4) is 0 Å². The topological polar surface area (TPSA) is 80.4 Å². The summed E-state index contributed by atoms with van der Waals surface area (Å²) in [5, 5.41) is 4.95. The third-order valence-electron chi connectivity index (χ3n) is 6.30. The van der Waals surface area contributed by atoms with E-state index in [4.69, 9.17) is 5.73 Å². The molecule has 4 fully saturated rings. The summed E-state index contributed by atoms with van der Waals surface area (Å²) in [4.78, 5) is 12.5. The summed E-state index contributed by atoms with van der Waals surface area (Å²) < 4.78 is 4.23. The molecule has 0 atom stereocenters. The SMILES string of the molecule is C/C(=N/NC(=O)CC12CC3CC(CC(C3)C1)C2)c1c(C)nsc1N. The van der Waals surface area contributed by atoms with Crippen LogP contribution >= 0.6 is 11.5 Å². The molecule has 4 aliphatic rings. The highest BCUT2D eigenvalue weighted by Gasteiger charge is 2.51. The molecule has 0 unspecified atom stereocenters.